The average molecular weight is 471 g/mol. The summed E-state index contributed by atoms with van der Waals surface area (Å²) in [6.45, 7) is 8.20. The third-order valence-corrected chi connectivity index (χ3v) is 5.66. The van der Waals surface area contributed by atoms with Gasteiger partial charge >= 0.3 is 5.97 Å². The number of rotatable bonds is 6. The highest BCUT2D eigenvalue weighted by Crippen LogP contribution is 2.37. The maximum Gasteiger partial charge on any atom is 0.355 e. The lowest BCUT2D eigenvalue weighted by molar-refractivity contribution is -0.148. The molecule has 1 fully saturated rings. The van der Waals surface area contributed by atoms with Gasteiger partial charge in [-0.25, -0.2) is 4.79 Å². The summed E-state index contributed by atoms with van der Waals surface area (Å²) in [5, 5.41) is 9.93. The Morgan fingerprint density at radius 3 is 2.52 bits per heavy atom. The van der Waals surface area contributed by atoms with E-state index in [-0.39, 0.29) is 11.1 Å². The van der Waals surface area contributed by atoms with Crippen molar-refractivity contribution >= 4 is 23.3 Å². The van der Waals surface area contributed by atoms with Crippen molar-refractivity contribution in [2.24, 2.45) is 5.41 Å². The van der Waals surface area contributed by atoms with Gasteiger partial charge in [0.25, 0.3) is 5.56 Å². The summed E-state index contributed by atoms with van der Waals surface area (Å²) in [5.74, 6) is -0.321. The number of esters is 1. The molecule has 8 heteroatoms. The van der Waals surface area contributed by atoms with Gasteiger partial charge in [-0.15, -0.1) is 0 Å². The maximum absolute atomic E-state index is 13.3. The Morgan fingerprint density at radius 2 is 2.00 bits per heavy atom. The molecule has 174 valence electrons. The molecule has 2 aromatic rings. The molecular weight excluding hydrogens is 444 g/mol. The van der Waals surface area contributed by atoms with E-state index in [0.29, 0.717) is 40.7 Å². The number of carbonyl (C=O) groups excluding carboxylic acids is 1. The van der Waals surface area contributed by atoms with Crippen molar-refractivity contribution in [2.75, 3.05) is 20.3 Å². The van der Waals surface area contributed by atoms with Crippen molar-refractivity contribution in [1.29, 1.82) is 5.26 Å². The second-order valence-electron chi connectivity index (χ2n) is 9.01. The number of methoxy groups -OCH3 is 1. The van der Waals surface area contributed by atoms with E-state index in [1.54, 1.807) is 45.0 Å². The second-order valence-corrected chi connectivity index (χ2v) is 9.44. The summed E-state index contributed by atoms with van der Waals surface area (Å²) in [6, 6.07) is 8.22. The molecule has 0 N–H and O–H groups in total. The predicted octanol–water partition coefficient (Wildman–Crippen LogP) is 4.66. The van der Waals surface area contributed by atoms with Crippen molar-refractivity contribution in [3.05, 3.63) is 57.5 Å². The third kappa shape index (κ3) is 5.29. The first-order chi connectivity index (χ1) is 15.5. The van der Waals surface area contributed by atoms with Crippen LogP contribution < -0.4 is 10.3 Å². The molecule has 0 amide bonds. The molecule has 1 aromatic carbocycles. The number of benzene rings is 1. The summed E-state index contributed by atoms with van der Waals surface area (Å²) in [6.07, 6.45) is 3.93. The van der Waals surface area contributed by atoms with Crippen LogP contribution in [0.5, 0.6) is 5.75 Å². The van der Waals surface area contributed by atoms with Crippen LogP contribution in [-0.2, 0) is 14.3 Å². The maximum atomic E-state index is 13.3. The molecule has 2 heterocycles. The average Bonchev–Trinajstić information content (AvgIpc) is 2.72. The largest absolute Gasteiger partial charge is 0.495 e. The Bertz CT molecular complexity index is 1190. The number of halogens is 1. The summed E-state index contributed by atoms with van der Waals surface area (Å²) in [5.41, 5.74) is -0.283. The smallest absolute Gasteiger partial charge is 0.355 e. The minimum atomic E-state index is -0.748. The first-order valence-electron chi connectivity index (χ1n) is 10.6. The highest BCUT2D eigenvalue weighted by Gasteiger charge is 2.37. The summed E-state index contributed by atoms with van der Waals surface area (Å²) in [7, 11) is 1.45. The molecule has 0 atom stereocenters. The first kappa shape index (κ1) is 24.6. The van der Waals surface area contributed by atoms with Crippen molar-refractivity contribution < 1.29 is 19.0 Å². The Labute approximate surface area is 198 Å². The SMILES string of the molecule is CCC1(C=C(C(=O)OC(C)(C)C)n2cc(OC)c(-c3cc(Cl)ccc3C#N)cc2=O)COC1. The standard InChI is InChI=1S/C25H27ClN2O5/c1-6-25(14-32-15-25)11-20(23(30)33-24(2,3)4)28-13-21(31-5)19(10-22(28)29)18-9-17(26)8-7-16(18)12-27/h7-11,13H,6,14-15H2,1-5H3. The molecule has 0 bridgehead atoms. The van der Waals surface area contributed by atoms with Gasteiger partial charge in [-0.05, 0) is 51.5 Å². The molecule has 0 unspecified atom stereocenters. The van der Waals surface area contributed by atoms with Crippen molar-refractivity contribution in [3.63, 3.8) is 0 Å². The lowest BCUT2D eigenvalue weighted by atomic mass is 9.82. The highest BCUT2D eigenvalue weighted by molar-refractivity contribution is 6.31. The Balaban J connectivity index is 2.21. The first-order valence-corrected chi connectivity index (χ1v) is 11.0. The van der Waals surface area contributed by atoms with Gasteiger partial charge in [0.2, 0.25) is 0 Å². The number of carbonyl (C=O) groups is 1. The minimum Gasteiger partial charge on any atom is -0.495 e. The van der Waals surface area contributed by atoms with Gasteiger partial charge in [-0.2, -0.15) is 5.26 Å². The zero-order chi connectivity index (χ0) is 24.4. The van der Waals surface area contributed by atoms with E-state index in [2.05, 4.69) is 6.07 Å². The van der Waals surface area contributed by atoms with Crippen LogP contribution in [0.25, 0.3) is 16.8 Å². The zero-order valence-corrected chi connectivity index (χ0v) is 20.2. The van der Waals surface area contributed by atoms with E-state index in [0.717, 1.165) is 6.42 Å². The molecular formula is C25H27ClN2O5. The molecule has 33 heavy (non-hydrogen) atoms. The molecule has 3 rings (SSSR count). The lowest BCUT2D eigenvalue weighted by Gasteiger charge is -2.38. The van der Waals surface area contributed by atoms with Crippen LogP contribution in [0, 0.1) is 16.7 Å². The van der Waals surface area contributed by atoms with Gasteiger partial charge in [-0.1, -0.05) is 18.5 Å². The zero-order valence-electron chi connectivity index (χ0n) is 19.4. The van der Waals surface area contributed by atoms with Crippen LogP contribution in [0.15, 0.2) is 41.3 Å². The third-order valence-electron chi connectivity index (χ3n) is 5.42. The second kappa shape index (κ2) is 9.42. The number of pyridine rings is 1. The van der Waals surface area contributed by atoms with E-state index in [1.165, 1.54) is 23.9 Å². The molecule has 0 radical (unpaired) electrons. The van der Waals surface area contributed by atoms with Gasteiger partial charge in [0.05, 0.1) is 38.2 Å². The Hall–Kier alpha value is -3.08. The number of ether oxygens (including phenoxy) is 3. The van der Waals surface area contributed by atoms with Gasteiger partial charge in [0.15, 0.2) is 0 Å². The van der Waals surface area contributed by atoms with Gasteiger partial charge in [-0.3, -0.25) is 9.36 Å². The highest BCUT2D eigenvalue weighted by atomic mass is 35.5. The van der Waals surface area contributed by atoms with Crippen LogP contribution in [0.1, 0.15) is 39.7 Å². The summed E-state index contributed by atoms with van der Waals surface area (Å²) < 4.78 is 17.8. The van der Waals surface area contributed by atoms with E-state index < -0.39 is 17.1 Å². The predicted molar refractivity (Wildman–Crippen MR) is 126 cm³/mol. The lowest BCUT2D eigenvalue weighted by Crippen LogP contribution is -2.41. The van der Waals surface area contributed by atoms with Gasteiger partial charge in [0.1, 0.15) is 17.0 Å². The van der Waals surface area contributed by atoms with E-state index in [1.807, 2.05) is 6.92 Å². The quantitative estimate of drug-likeness (QED) is 0.450. The summed E-state index contributed by atoms with van der Waals surface area (Å²) in [4.78, 5) is 26.4. The molecule has 1 saturated heterocycles. The Kier molecular flexibility index (Phi) is 7.01. The minimum absolute atomic E-state index is 0.0940. The van der Waals surface area contributed by atoms with Crippen LogP contribution in [0.4, 0.5) is 0 Å². The van der Waals surface area contributed by atoms with E-state index in [4.69, 9.17) is 25.8 Å². The van der Waals surface area contributed by atoms with Crippen LogP contribution >= 0.6 is 11.6 Å². The van der Waals surface area contributed by atoms with Crippen LogP contribution in [-0.4, -0.2) is 36.5 Å². The number of hydrogen-bond donors (Lipinski definition) is 0. The van der Waals surface area contributed by atoms with Gasteiger partial charge in [0, 0.05) is 27.6 Å². The van der Waals surface area contributed by atoms with Crippen molar-refractivity contribution in [1.82, 2.24) is 4.57 Å². The topological polar surface area (TPSA) is 90.5 Å². The molecule has 0 spiro atoms. The van der Waals surface area contributed by atoms with Crippen LogP contribution in [0.3, 0.4) is 0 Å². The van der Waals surface area contributed by atoms with Crippen LogP contribution in [0.2, 0.25) is 5.02 Å². The normalized spacial score (nSPS) is 15.4. The fraction of sp³-hybridized carbons (Fsp3) is 0.400. The number of nitriles is 1. The molecule has 7 nitrogen and oxygen atoms in total. The fourth-order valence-electron chi connectivity index (χ4n) is 3.51. The van der Waals surface area contributed by atoms with Gasteiger partial charge < -0.3 is 14.2 Å². The molecule has 0 aliphatic carbocycles. The number of nitrogens with zero attached hydrogens (tertiary/aromatic N) is 2. The molecule has 1 aliphatic rings. The fourth-order valence-corrected chi connectivity index (χ4v) is 3.69. The van der Waals surface area contributed by atoms with E-state index >= 15 is 0 Å². The van der Waals surface area contributed by atoms with Crippen molar-refractivity contribution in [2.45, 2.75) is 39.7 Å². The van der Waals surface area contributed by atoms with E-state index in [9.17, 15) is 14.9 Å². The monoisotopic (exact) mass is 470 g/mol. The van der Waals surface area contributed by atoms with Crippen molar-refractivity contribution in [3.8, 4) is 22.9 Å². The number of hydrogen-bond acceptors (Lipinski definition) is 6. The Morgan fingerprint density at radius 1 is 1.30 bits per heavy atom. The molecule has 1 aliphatic heterocycles. The number of aromatic nitrogens is 1. The molecule has 0 saturated carbocycles. The molecule has 1 aromatic heterocycles. The summed E-state index contributed by atoms with van der Waals surface area (Å²) >= 11 is 6.14.